The van der Waals surface area contributed by atoms with Crippen molar-refractivity contribution in [3.8, 4) is 0 Å². The molecule has 6 nitrogen and oxygen atoms in total. The Bertz CT molecular complexity index is 972. The van der Waals surface area contributed by atoms with Gasteiger partial charge in [0.1, 0.15) is 5.69 Å². The fourth-order valence-electron chi connectivity index (χ4n) is 2.49. The zero-order valence-corrected chi connectivity index (χ0v) is 14.7. The van der Waals surface area contributed by atoms with E-state index in [1.807, 2.05) is 24.3 Å². The number of hydrogen-bond donors (Lipinski definition) is 3. The van der Waals surface area contributed by atoms with Crippen molar-refractivity contribution in [1.29, 1.82) is 0 Å². The number of aromatic amines is 1. The van der Waals surface area contributed by atoms with Crippen LogP contribution in [0, 0.1) is 0 Å². The Morgan fingerprint density at radius 3 is 2.36 bits per heavy atom. The molecule has 130 valence electrons. The van der Waals surface area contributed by atoms with Gasteiger partial charge in [0.25, 0.3) is 5.91 Å². The molecule has 0 fully saturated rings. The third-order valence-electron chi connectivity index (χ3n) is 3.59. The van der Waals surface area contributed by atoms with Crippen LogP contribution in [0.15, 0.2) is 59.5 Å². The van der Waals surface area contributed by atoms with Gasteiger partial charge in [-0.3, -0.25) is 4.79 Å². The third-order valence-corrected chi connectivity index (χ3v) is 5.26. The zero-order valence-electron chi connectivity index (χ0n) is 13.9. The van der Waals surface area contributed by atoms with Crippen LogP contribution in [-0.4, -0.2) is 25.4 Å². The van der Waals surface area contributed by atoms with E-state index in [1.54, 1.807) is 32.0 Å². The average Bonchev–Trinajstić information content (AvgIpc) is 2.98. The van der Waals surface area contributed by atoms with E-state index in [0.29, 0.717) is 11.4 Å². The maximum atomic E-state index is 12.3. The van der Waals surface area contributed by atoms with Crippen LogP contribution in [0.25, 0.3) is 10.9 Å². The average molecular weight is 357 g/mol. The first-order chi connectivity index (χ1) is 11.8. The molecule has 3 N–H and O–H groups in total. The highest BCUT2D eigenvalue weighted by molar-refractivity contribution is 7.89. The highest BCUT2D eigenvalue weighted by atomic mass is 32.2. The van der Waals surface area contributed by atoms with Gasteiger partial charge in [-0.2, -0.15) is 0 Å². The Morgan fingerprint density at radius 2 is 1.72 bits per heavy atom. The summed E-state index contributed by atoms with van der Waals surface area (Å²) in [7, 11) is -3.54. The van der Waals surface area contributed by atoms with Crippen LogP contribution in [-0.2, 0) is 10.0 Å². The lowest BCUT2D eigenvalue weighted by Crippen LogP contribution is -2.30. The monoisotopic (exact) mass is 357 g/mol. The van der Waals surface area contributed by atoms with Crippen molar-refractivity contribution < 1.29 is 13.2 Å². The second-order valence-electron chi connectivity index (χ2n) is 6.02. The molecule has 1 amide bonds. The predicted octanol–water partition coefficient (Wildman–Crippen LogP) is 3.11. The molecule has 0 saturated heterocycles. The molecular formula is C18H19N3O3S. The molecular weight excluding hydrogens is 338 g/mol. The molecule has 0 aliphatic heterocycles. The number of amides is 1. The Labute approximate surface area is 146 Å². The van der Waals surface area contributed by atoms with E-state index < -0.39 is 10.0 Å². The fourth-order valence-corrected chi connectivity index (χ4v) is 3.74. The van der Waals surface area contributed by atoms with Gasteiger partial charge in [-0.25, -0.2) is 13.1 Å². The minimum atomic E-state index is -3.54. The van der Waals surface area contributed by atoms with E-state index in [0.717, 1.165) is 10.9 Å². The number of carbonyl (C=O) groups excluding carboxylic acids is 1. The van der Waals surface area contributed by atoms with Gasteiger partial charge in [-0.05, 0) is 50.2 Å². The molecule has 0 saturated carbocycles. The molecule has 0 aliphatic rings. The summed E-state index contributed by atoms with van der Waals surface area (Å²) < 4.78 is 26.7. The van der Waals surface area contributed by atoms with Crippen LogP contribution in [0.3, 0.4) is 0 Å². The van der Waals surface area contributed by atoms with Crippen molar-refractivity contribution in [3.63, 3.8) is 0 Å². The maximum absolute atomic E-state index is 12.3. The van der Waals surface area contributed by atoms with Crippen molar-refractivity contribution in [2.24, 2.45) is 0 Å². The molecule has 0 atom stereocenters. The van der Waals surface area contributed by atoms with Crippen LogP contribution in [0.4, 0.5) is 5.69 Å². The Hall–Kier alpha value is -2.64. The number of aromatic nitrogens is 1. The first-order valence-electron chi connectivity index (χ1n) is 7.87. The summed E-state index contributed by atoms with van der Waals surface area (Å²) >= 11 is 0. The number of rotatable bonds is 5. The van der Waals surface area contributed by atoms with Crippen LogP contribution in [0.1, 0.15) is 24.3 Å². The minimum absolute atomic E-state index is 0.157. The standard InChI is InChI=1S/C18H19N3O3S/c1-12(2)21-25(23,24)15-9-7-14(8-10-15)19-18(22)17-11-13-5-3-4-6-16(13)20-17/h3-12,20-21H,1-2H3,(H,19,22). The highest BCUT2D eigenvalue weighted by Crippen LogP contribution is 2.18. The van der Waals surface area contributed by atoms with Gasteiger partial charge in [0.2, 0.25) is 10.0 Å². The molecule has 2 aromatic carbocycles. The summed E-state index contributed by atoms with van der Waals surface area (Å²) in [5.41, 5.74) is 1.85. The van der Waals surface area contributed by atoms with Gasteiger partial charge in [-0.1, -0.05) is 18.2 Å². The minimum Gasteiger partial charge on any atom is -0.351 e. The van der Waals surface area contributed by atoms with E-state index in [4.69, 9.17) is 0 Å². The maximum Gasteiger partial charge on any atom is 0.272 e. The van der Waals surface area contributed by atoms with Gasteiger partial charge in [-0.15, -0.1) is 0 Å². The van der Waals surface area contributed by atoms with E-state index in [2.05, 4.69) is 15.0 Å². The van der Waals surface area contributed by atoms with Crippen molar-refractivity contribution >= 4 is 32.5 Å². The first-order valence-corrected chi connectivity index (χ1v) is 9.35. The number of H-pyrrole nitrogens is 1. The Balaban J connectivity index is 1.76. The summed E-state index contributed by atoms with van der Waals surface area (Å²) in [6.07, 6.45) is 0. The number of nitrogens with one attached hydrogen (secondary N) is 3. The van der Waals surface area contributed by atoms with Crippen molar-refractivity contribution in [3.05, 3.63) is 60.3 Å². The number of para-hydroxylation sites is 1. The van der Waals surface area contributed by atoms with Gasteiger partial charge < -0.3 is 10.3 Å². The molecule has 0 radical (unpaired) electrons. The fraction of sp³-hybridized carbons (Fsp3) is 0.167. The first kappa shape index (κ1) is 17.2. The zero-order chi connectivity index (χ0) is 18.0. The quantitative estimate of drug-likeness (QED) is 0.655. The Morgan fingerprint density at radius 1 is 1.04 bits per heavy atom. The number of sulfonamides is 1. The Kier molecular flexibility index (Phi) is 4.61. The van der Waals surface area contributed by atoms with Crippen molar-refractivity contribution in [1.82, 2.24) is 9.71 Å². The molecule has 0 spiro atoms. The highest BCUT2D eigenvalue weighted by Gasteiger charge is 2.15. The summed E-state index contributed by atoms with van der Waals surface area (Å²) in [6.45, 7) is 3.51. The summed E-state index contributed by atoms with van der Waals surface area (Å²) in [5.74, 6) is -0.285. The topological polar surface area (TPSA) is 91.1 Å². The number of hydrogen-bond acceptors (Lipinski definition) is 3. The lowest BCUT2D eigenvalue weighted by molar-refractivity contribution is 0.102. The summed E-state index contributed by atoms with van der Waals surface area (Å²) in [5, 5.41) is 3.71. The normalized spacial score (nSPS) is 11.8. The third kappa shape index (κ3) is 3.89. The number of anilines is 1. The van der Waals surface area contributed by atoms with E-state index in [-0.39, 0.29) is 16.8 Å². The van der Waals surface area contributed by atoms with E-state index in [1.165, 1.54) is 12.1 Å². The SMILES string of the molecule is CC(C)NS(=O)(=O)c1ccc(NC(=O)c2cc3ccccc3[nH]2)cc1. The molecule has 7 heteroatoms. The summed E-state index contributed by atoms with van der Waals surface area (Å²) in [4.78, 5) is 15.6. The van der Waals surface area contributed by atoms with E-state index in [9.17, 15) is 13.2 Å². The molecule has 0 aliphatic carbocycles. The summed E-state index contributed by atoms with van der Waals surface area (Å²) in [6, 6.07) is 15.3. The predicted molar refractivity (Wildman–Crippen MR) is 98.2 cm³/mol. The van der Waals surface area contributed by atoms with Gasteiger partial charge in [0.15, 0.2) is 0 Å². The van der Waals surface area contributed by atoms with Crippen LogP contribution in [0.2, 0.25) is 0 Å². The molecule has 0 unspecified atom stereocenters. The van der Waals surface area contributed by atoms with Gasteiger partial charge in [0, 0.05) is 22.6 Å². The van der Waals surface area contributed by atoms with Crippen LogP contribution >= 0.6 is 0 Å². The molecule has 3 rings (SSSR count). The molecule has 25 heavy (non-hydrogen) atoms. The molecule has 3 aromatic rings. The largest absolute Gasteiger partial charge is 0.351 e. The van der Waals surface area contributed by atoms with Crippen molar-refractivity contribution in [2.45, 2.75) is 24.8 Å². The van der Waals surface area contributed by atoms with Crippen molar-refractivity contribution in [2.75, 3.05) is 5.32 Å². The molecule has 0 bridgehead atoms. The number of fused-ring (bicyclic) bond motifs is 1. The second-order valence-corrected chi connectivity index (χ2v) is 7.74. The second kappa shape index (κ2) is 6.70. The van der Waals surface area contributed by atoms with E-state index >= 15 is 0 Å². The number of carbonyl (C=O) groups is 1. The molecule has 1 aromatic heterocycles. The molecule has 1 heterocycles. The lowest BCUT2D eigenvalue weighted by atomic mass is 10.2. The van der Waals surface area contributed by atoms with Crippen LogP contribution < -0.4 is 10.0 Å². The smallest absolute Gasteiger partial charge is 0.272 e. The van der Waals surface area contributed by atoms with Crippen LogP contribution in [0.5, 0.6) is 0 Å². The number of benzene rings is 2. The lowest BCUT2D eigenvalue weighted by Gasteiger charge is -2.10. The van der Waals surface area contributed by atoms with Gasteiger partial charge >= 0.3 is 0 Å². The van der Waals surface area contributed by atoms with Gasteiger partial charge in [0.05, 0.1) is 4.90 Å².